The zero-order valence-corrected chi connectivity index (χ0v) is 16.1. The highest BCUT2D eigenvalue weighted by molar-refractivity contribution is 5.93. The summed E-state index contributed by atoms with van der Waals surface area (Å²) in [4.78, 5) is 19.0. The van der Waals surface area contributed by atoms with Crippen LogP contribution in [0, 0.1) is 16.7 Å². The molecule has 6 heteroatoms. The van der Waals surface area contributed by atoms with Gasteiger partial charge >= 0.3 is 0 Å². The zero-order valence-electron chi connectivity index (χ0n) is 16.1. The van der Waals surface area contributed by atoms with Crippen LogP contribution in [0.2, 0.25) is 0 Å². The quantitative estimate of drug-likeness (QED) is 0.888. The van der Waals surface area contributed by atoms with E-state index in [1.807, 2.05) is 19.2 Å². The lowest BCUT2D eigenvalue weighted by Gasteiger charge is -2.29. The molecule has 144 valence electrons. The number of hydrogen-bond donors (Lipinski definition) is 1. The Bertz CT molecular complexity index is 994. The van der Waals surface area contributed by atoms with Crippen molar-refractivity contribution in [3.05, 3.63) is 36.0 Å². The number of likely N-dealkylation sites (N-methyl/N-ethyl adjacent to an activating group) is 1. The van der Waals surface area contributed by atoms with Crippen molar-refractivity contribution >= 4 is 22.5 Å². The minimum atomic E-state index is -0.307. The van der Waals surface area contributed by atoms with Crippen molar-refractivity contribution in [3.8, 4) is 6.07 Å². The highest BCUT2D eigenvalue weighted by atomic mass is 16.5. The van der Waals surface area contributed by atoms with E-state index in [9.17, 15) is 10.1 Å². The second-order valence-electron chi connectivity index (χ2n) is 8.61. The van der Waals surface area contributed by atoms with Gasteiger partial charge in [0.25, 0.3) is 0 Å². The van der Waals surface area contributed by atoms with Crippen molar-refractivity contribution in [3.63, 3.8) is 0 Å². The molecule has 1 saturated heterocycles. The fourth-order valence-corrected chi connectivity index (χ4v) is 4.71. The van der Waals surface area contributed by atoms with E-state index in [1.54, 1.807) is 6.20 Å². The molecule has 0 bridgehead atoms. The Morgan fingerprint density at radius 3 is 2.96 bits per heavy atom. The minimum absolute atomic E-state index is 0.0779. The van der Waals surface area contributed by atoms with Gasteiger partial charge in [-0.3, -0.25) is 4.79 Å². The number of nitriles is 1. The van der Waals surface area contributed by atoms with Gasteiger partial charge in [-0.2, -0.15) is 5.26 Å². The molecule has 2 aliphatic carbocycles. The molecule has 2 saturated carbocycles. The molecule has 1 aromatic heterocycles. The molecule has 1 spiro atoms. The van der Waals surface area contributed by atoms with Crippen LogP contribution in [-0.2, 0) is 14.9 Å². The van der Waals surface area contributed by atoms with Gasteiger partial charge in [-0.25, -0.2) is 4.98 Å². The normalized spacial score (nSPS) is 28.1. The first-order valence-corrected chi connectivity index (χ1v) is 9.95. The third-order valence-electron chi connectivity index (χ3n) is 6.67. The molecule has 2 aromatic rings. The maximum absolute atomic E-state index is 12.4. The predicted octanol–water partition coefficient (Wildman–Crippen LogP) is 2.84. The third kappa shape index (κ3) is 2.86. The summed E-state index contributed by atoms with van der Waals surface area (Å²) in [5.41, 5.74) is 1.03. The van der Waals surface area contributed by atoms with Crippen molar-refractivity contribution in [1.29, 1.82) is 5.26 Å². The van der Waals surface area contributed by atoms with Crippen molar-refractivity contribution in [2.75, 3.05) is 32.1 Å². The van der Waals surface area contributed by atoms with Crippen LogP contribution in [0.1, 0.15) is 31.2 Å². The van der Waals surface area contributed by atoms with Gasteiger partial charge in [-0.05, 0) is 54.8 Å². The van der Waals surface area contributed by atoms with E-state index in [0.717, 1.165) is 48.7 Å². The summed E-state index contributed by atoms with van der Waals surface area (Å²) in [5.74, 6) is 0.456. The summed E-state index contributed by atoms with van der Waals surface area (Å²) in [6.45, 7) is 2.33. The number of nitrogens with zero attached hydrogens (tertiary/aromatic N) is 3. The van der Waals surface area contributed by atoms with E-state index >= 15 is 0 Å². The molecule has 1 amide bonds. The second kappa shape index (κ2) is 6.26. The molecule has 1 aromatic carbocycles. The standard InChI is InChI=1S/C22H24N4O2/c1-26-6-7-28-18(12-26)10-20(27)25-19-9-16-8-17(3-2-15(16)11-24-19)22(14-23)13-21(22)4-5-21/h2-3,8-9,11,18H,4-7,10,12-13H2,1H3,(H,24,25,27)/t18-,22?/m1/s1. The molecule has 1 N–H and O–H groups in total. The first-order valence-electron chi connectivity index (χ1n) is 9.95. The average molecular weight is 376 g/mol. The minimum Gasteiger partial charge on any atom is -0.375 e. The Kier molecular flexibility index (Phi) is 3.94. The maximum Gasteiger partial charge on any atom is 0.228 e. The van der Waals surface area contributed by atoms with Gasteiger partial charge in [0.2, 0.25) is 5.91 Å². The molecule has 28 heavy (non-hydrogen) atoms. The lowest BCUT2D eigenvalue weighted by atomic mass is 9.92. The van der Waals surface area contributed by atoms with Gasteiger partial charge in [-0.15, -0.1) is 0 Å². The van der Waals surface area contributed by atoms with Gasteiger partial charge in [0.1, 0.15) is 5.82 Å². The Morgan fingerprint density at radius 2 is 2.25 bits per heavy atom. The molecule has 0 radical (unpaired) electrons. The largest absolute Gasteiger partial charge is 0.375 e. The Labute approximate surface area is 164 Å². The number of carbonyl (C=O) groups excluding carboxylic acids is 1. The molecule has 2 atom stereocenters. The number of ether oxygens (including phenoxy) is 1. The number of anilines is 1. The number of nitrogens with one attached hydrogen (secondary N) is 1. The Hall–Kier alpha value is -2.49. The van der Waals surface area contributed by atoms with Gasteiger partial charge in [0.05, 0.1) is 30.6 Å². The number of rotatable bonds is 4. The summed E-state index contributed by atoms with van der Waals surface area (Å²) in [7, 11) is 2.04. The number of hydrogen-bond acceptors (Lipinski definition) is 5. The molecule has 6 nitrogen and oxygen atoms in total. The predicted molar refractivity (Wildman–Crippen MR) is 106 cm³/mol. The highest BCUT2D eigenvalue weighted by Gasteiger charge is 2.75. The summed E-state index contributed by atoms with van der Waals surface area (Å²) in [6, 6.07) is 10.7. The fourth-order valence-electron chi connectivity index (χ4n) is 4.71. The number of morpholine rings is 1. The molecule has 3 fully saturated rings. The van der Waals surface area contributed by atoms with Crippen LogP contribution in [0.3, 0.4) is 0 Å². The lowest BCUT2D eigenvalue weighted by molar-refractivity contribution is -0.120. The third-order valence-corrected chi connectivity index (χ3v) is 6.67. The topological polar surface area (TPSA) is 78.2 Å². The molecule has 2 heterocycles. The summed E-state index contributed by atoms with van der Waals surface area (Å²) >= 11 is 0. The van der Waals surface area contributed by atoms with E-state index in [1.165, 1.54) is 0 Å². The molecular weight excluding hydrogens is 352 g/mol. The SMILES string of the molecule is CN1CCO[C@H](CC(=O)Nc2cc3cc(C4(C#N)CC45CC5)ccc3cn2)C1. The van der Waals surface area contributed by atoms with E-state index < -0.39 is 0 Å². The zero-order chi connectivity index (χ0) is 19.4. The molecule has 1 unspecified atom stereocenters. The number of amides is 1. The monoisotopic (exact) mass is 376 g/mol. The summed E-state index contributed by atoms with van der Waals surface area (Å²) < 4.78 is 5.67. The number of benzene rings is 1. The summed E-state index contributed by atoms with van der Waals surface area (Å²) in [6.07, 6.45) is 5.32. The molecule has 5 rings (SSSR count). The van der Waals surface area contributed by atoms with E-state index in [4.69, 9.17) is 4.74 Å². The molecular formula is C22H24N4O2. The van der Waals surface area contributed by atoms with Crippen molar-refractivity contribution in [2.24, 2.45) is 5.41 Å². The fraction of sp³-hybridized carbons (Fsp3) is 0.500. The van der Waals surface area contributed by atoms with Crippen molar-refractivity contribution in [2.45, 2.75) is 37.2 Å². The molecule has 1 aliphatic heterocycles. The van der Waals surface area contributed by atoms with Gasteiger partial charge < -0.3 is 15.0 Å². The van der Waals surface area contributed by atoms with Crippen LogP contribution in [-0.4, -0.2) is 48.6 Å². The Balaban J connectivity index is 1.33. The van der Waals surface area contributed by atoms with Crippen LogP contribution in [0.25, 0.3) is 10.8 Å². The second-order valence-corrected chi connectivity index (χ2v) is 8.61. The van der Waals surface area contributed by atoms with Crippen LogP contribution < -0.4 is 5.32 Å². The lowest BCUT2D eigenvalue weighted by Crippen LogP contribution is -2.41. The van der Waals surface area contributed by atoms with Crippen molar-refractivity contribution < 1.29 is 9.53 Å². The number of carbonyl (C=O) groups is 1. The van der Waals surface area contributed by atoms with Crippen LogP contribution in [0.4, 0.5) is 5.82 Å². The number of fused-ring (bicyclic) bond motifs is 1. The first kappa shape index (κ1) is 17.6. The smallest absolute Gasteiger partial charge is 0.228 e. The van der Waals surface area contributed by atoms with E-state index in [-0.39, 0.29) is 22.8 Å². The summed E-state index contributed by atoms with van der Waals surface area (Å²) in [5, 5.41) is 14.7. The number of pyridine rings is 1. The van der Waals surface area contributed by atoms with Gasteiger partial charge in [0, 0.05) is 24.7 Å². The van der Waals surface area contributed by atoms with Gasteiger partial charge in [-0.1, -0.05) is 12.1 Å². The van der Waals surface area contributed by atoms with Crippen LogP contribution in [0.15, 0.2) is 30.5 Å². The first-order chi connectivity index (χ1) is 13.5. The van der Waals surface area contributed by atoms with E-state index in [0.29, 0.717) is 18.8 Å². The van der Waals surface area contributed by atoms with Gasteiger partial charge in [0.15, 0.2) is 0 Å². The van der Waals surface area contributed by atoms with Crippen LogP contribution in [0.5, 0.6) is 0 Å². The Morgan fingerprint density at radius 1 is 1.39 bits per heavy atom. The van der Waals surface area contributed by atoms with Crippen molar-refractivity contribution in [1.82, 2.24) is 9.88 Å². The average Bonchev–Trinajstić information content (AvgIpc) is 3.59. The number of aromatic nitrogens is 1. The maximum atomic E-state index is 12.4. The molecule has 3 aliphatic rings. The van der Waals surface area contributed by atoms with E-state index in [2.05, 4.69) is 33.4 Å². The highest BCUT2D eigenvalue weighted by Crippen LogP contribution is 2.78. The van der Waals surface area contributed by atoms with Crippen LogP contribution >= 0.6 is 0 Å².